The number of carbonyl (C=O) groups is 1. The molecule has 214 valence electrons. The topological polar surface area (TPSA) is 61.6 Å². The molecule has 5 heteroatoms. The van der Waals surface area contributed by atoms with Crippen molar-refractivity contribution in [2.45, 2.75) is 45.6 Å². The Bertz CT molecular complexity index is 1450. The van der Waals surface area contributed by atoms with E-state index in [1.165, 1.54) is 33.0 Å². The number of amides is 1. The van der Waals surface area contributed by atoms with Crippen LogP contribution in [0.1, 0.15) is 34.2 Å². The van der Waals surface area contributed by atoms with E-state index < -0.39 is 0 Å². The van der Waals surface area contributed by atoms with Crippen molar-refractivity contribution < 1.29 is 4.79 Å². The zero-order valence-corrected chi connectivity index (χ0v) is 24.6. The lowest BCUT2D eigenvalue weighted by atomic mass is 9.99. The van der Waals surface area contributed by atoms with Crippen molar-refractivity contribution in [2.75, 3.05) is 44.6 Å². The minimum Gasteiger partial charge on any atom is -0.384 e. The number of aryl methyl sites for hydroxylation is 3. The molecule has 0 bridgehead atoms. The minimum atomic E-state index is 0.224. The second-order valence-electron chi connectivity index (χ2n) is 11.5. The van der Waals surface area contributed by atoms with Crippen LogP contribution >= 0.6 is 0 Å². The smallest absolute Gasteiger partial charge is 0.227 e. The van der Waals surface area contributed by atoms with E-state index >= 15 is 0 Å². The maximum Gasteiger partial charge on any atom is 0.227 e. The molecule has 1 aliphatic heterocycles. The summed E-state index contributed by atoms with van der Waals surface area (Å²) < 4.78 is 0. The summed E-state index contributed by atoms with van der Waals surface area (Å²) in [4.78, 5) is 18.2. The van der Waals surface area contributed by atoms with Crippen LogP contribution in [0, 0.1) is 13.8 Å². The number of benzene rings is 4. The second kappa shape index (κ2) is 13.8. The van der Waals surface area contributed by atoms with E-state index in [0.29, 0.717) is 19.0 Å². The van der Waals surface area contributed by atoms with E-state index in [2.05, 4.69) is 114 Å². The van der Waals surface area contributed by atoms with Gasteiger partial charge in [-0.3, -0.25) is 9.69 Å². The number of rotatable bonds is 11. The highest BCUT2D eigenvalue weighted by Crippen LogP contribution is 2.21. The summed E-state index contributed by atoms with van der Waals surface area (Å²) in [5.41, 5.74) is 13.3. The number of piperazine rings is 1. The van der Waals surface area contributed by atoms with Crippen molar-refractivity contribution in [3.05, 3.63) is 113 Å². The Balaban J connectivity index is 1.25. The molecule has 0 aliphatic carbocycles. The van der Waals surface area contributed by atoms with Gasteiger partial charge in [-0.15, -0.1) is 0 Å². The Morgan fingerprint density at radius 3 is 2.46 bits per heavy atom. The molecule has 41 heavy (non-hydrogen) atoms. The maximum atomic E-state index is 13.5. The summed E-state index contributed by atoms with van der Waals surface area (Å²) in [5, 5.41) is 5.75. The number of hydrogen-bond donors (Lipinski definition) is 2. The van der Waals surface area contributed by atoms with Gasteiger partial charge in [0.15, 0.2) is 0 Å². The number of nitrogens with one attached hydrogen (secondary N) is 1. The number of nitrogens with two attached hydrogens (primary N) is 1. The summed E-state index contributed by atoms with van der Waals surface area (Å²) in [6.07, 6.45) is 3.58. The van der Waals surface area contributed by atoms with Crippen molar-refractivity contribution >= 4 is 22.4 Å². The molecule has 5 nitrogen and oxygen atoms in total. The van der Waals surface area contributed by atoms with E-state index in [9.17, 15) is 4.79 Å². The summed E-state index contributed by atoms with van der Waals surface area (Å²) in [6, 6.07) is 30.5. The van der Waals surface area contributed by atoms with Crippen LogP contribution in [0.15, 0.2) is 84.9 Å². The Kier molecular flexibility index (Phi) is 9.71. The minimum absolute atomic E-state index is 0.224. The SMILES string of the molecule is Cc1ccc(CCCN2CCN(C(=O)Cc3ccc4ccccc4c3)CC2Cc2ccc(NCCN)cc2)c(C)c1. The zero-order valence-electron chi connectivity index (χ0n) is 24.6. The standard InChI is InChI=1S/C36H44N4O/c1-27-9-13-31(28(2)22-27)8-5-19-39-20-21-40(26-35(39)24-29-11-15-34(16-12-29)38-18-17-37)36(41)25-30-10-14-32-6-3-4-7-33(32)23-30/h3-4,6-7,9-16,22-23,35,38H,5,8,17-21,24-26,37H2,1-2H3. The molecule has 1 unspecified atom stereocenters. The highest BCUT2D eigenvalue weighted by molar-refractivity contribution is 5.85. The molecule has 0 spiro atoms. The molecule has 0 radical (unpaired) electrons. The molecule has 0 aromatic heterocycles. The lowest BCUT2D eigenvalue weighted by molar-refractivity contribution is -0.133. The lowest BCUT2D eigenvalue weighted by Crippen LogP contribution is -2.56. The summed E-state index contributed by atoms with van der Waals surface area (Å²) in [6.45, 7) is 9.27. The molecular weight excluding hydrogens is 504 g/mol. The third-order valence-corrected chi connectivity index (χ3v) is 8.41. The lowest BCUT2D eigenvalue weighted by Gasteiger charge is -2.42. The van der Waals surface area contributed by atoms with Crippen molar-refractivity contribution in [1.29, 1.82) is 0 Å². The van der Waals surface area contributed by atoms with Crippen LogP contribution in [0.5, 0.6) is 0 Å². The van der Waals surface area contributed by atoms with E-state index in [1.807, 2.05) is 0 Å². The average Bonchev–Trinajstić information content (AvgIpc) is 2.98. The quantitative estimate of drug-likeness (QED) is 0.250. The zero-order chi connectivity index (χ0) is 28.6. The van der Waals surface area contributed by atoms with Crippen LogP contribution < -0.4 is 11.1 Å². The Morgan fingerprint density at radius 1 is 0.902 bits per heavy atom. The fourth-order valence-electron chi connectivity index (χ4n) is 6.09. The Hall–Kier alpha value is -3.67. The summed E-state index contributed by atoms with van der Waals surface area (Å²) in [5.74, 6) is 0.224. The first-order valence-electron chi connectivity index (χ1n) is 15.1. The van der Waals surface area contributed by atoms with Crippen LogP contribution in [0.4, 0.5) is 5.69 Å². The Morgan fingerprint density at radius 2 is 1.68 bits per heavy atom. The van der Waals surface area contributed by atoms with Crippen LogP contribution in [0.3, 0.4) is 0 Å². The van der Waals surface area contributed by atoms with E-state index in [0.717, 1.165) is 63.2 Å². The van der Waals surface area contributed by atoms with Gasteiger partial charge in [0.2, 0.25) is 5.91 Å². The summed E-state index contributed by atoms with van der Waals surface area (Å²) >= 11 is 0. The van der Waals surface area contributed by atoms with Crippen molar-refractivity contribution in [2.24, 2.45) is 5.73 Å². The largest absolute Gasteiger partial charge is 0.384 e. The third kappa shape index (κ3) is 7.75. The van der Waals surface area contributed by atoms with Gasteiger partial charge in [-0.1, -0.05) is 78.4 Å². The van der Waals surface area contributed by atoms with Crippen LogP contribution in [-0.4, -0.2) is 61.0 Å². The summed E-state index contributed by atoms with van der Waals surface area (Å²) in [7, 11) is 0. The van der Waals surface area contributed by atoms with E-state index in [1.54, 1.807) is 0 Å². The number of nitrogens with zero attached hydrogens (tertiary/aromatic N) is 2. The fraction of sp³-hybridized carbons (Fsp3) is 0.361. The molecule has 3 N–H and O–H groups in total. The average molecular weight is 549 g/mol. The van der Waals surface area contributed by atoms with Gasteiger partial charge in [0, 0.05) is 44.5 Å². The highest BCUT2D eigenvalue weighted by atomic mass is 16.2. The first kappa shape index (κ1) is 28.8. The predicted molar refractivity (Wildman–Crippen MR) is 172 cm³/mol. The third-order valence-electron chi connectivity index (χ3n) is 8.41. The molecule has 4 aromatic rings. The van der Waals surface area contributed by atoms with Crippen molar-refractivity contribution in [1.82, 2.24) is 9.80 Å². The molecule has 1 atom stereocenters. The van der Waals surface area contributed by atoms with Gasteiger partial charge in [0.05, 0.1) is 6.42 Å². The number of hydrogen-bond acceptors (Lipinski definition) is 4. The van der Waals surface area contributed by atoms with Crippen LogP contribution in [0.2, 0.25) is 0 Å². The van der Waals surface area contributed by atoms with Gasteiger partial charge in [-0.2, -0.15) is 0 Å². The molecule has 0 saturated carbocycles. The highest BCUT2D eigenvalue weighted by Gasteiger charge is 2.29. The van der Waals surface area contributed by atoms with Gasteiger partial charge < -0.3 is 16.0 Å². The van der Waals surface area contributed by atoms with Crippen molar-refractivity contribution in [3.8, 4) is 0 Å². The number of carbonyl (C=O) groups excluding carboxylic acids is 1. The fourth-order valence-corrected chi connectivity index (χ4v) is 6.09. The first-order valence-corrected chi connectivity index (χ1v) is 15.1. The van der Waals surface area contributed by atoms with E-state index in [4.69, 9.17) is 5.73 Å². The number of fused-ring (bicyclic) bond motifs is 1. The molecule has 1 heterocycles. The molecular formula is C36H44N4O. The van der Waals surface area contributed by atoms with Crippen LogP contribution in [-0.2, 0) is 24.1 Å². The van der Waals surface area contributed by atoms with Gasteiger partial charge >= 0.3 is 0 Å². The second-order valence-corrected chi connectivity index (χ2v) is 11.5. The van der Waals surface area contributed by atoms with Gasteiger partial charge in [0.25, 0.3) is 0 Å². The van der Waals surface area contributed by atoms with Crippen LogP contribution in [0.25, 0.3) is 10.8 Å². The molecule has 1 amide bonds. The van der Waals surface area contributed by atoms with Crippen molar-refractivity contribution in [3.63, 3.8) is 0 Å². The normalized spacial score (nSPS) is 15.8. The maximum absolute atomic E-state index is 13.5. The van der Waals surface area contributed by atoms with Gasteiger partial charge in [-0.25, -0.2) is 0 Å². The Labute approximate surface area is 245 Å². The van der Waals surface area contributed by atoms with Gasteiger partial charge in [-0.05, 0) is 84.8 Å². The monoisotopic (exact) mass is 548 g/mol. The van der Waals surface area contributed by atoms with Gasteiger partial charge in [0.1, 0.15) is 0 Å². The predicted octanol–water partition coefficient (Wildman–Crippen LogP) is 5.76. The van der Waals surface area contributed by atoms with E-state index in [-0.39, 0.29) is 5.91 Å². The molecule has 1 fully saturated rings. The molecule has 4 aromatic carbocycles. The molecule has 5 rings (SSSR count). The molecule has 1 saturated heterocycles. The number of anilines is 1. The molecule has 1 aliphatic rings. The first-order chi connectivity index (χ1) is 20.0.